The van der Waals surface area contributed by atoms with Gasteiger partial charge in [0, 0.05) is 67.3 Å². The molecule has 290 valence electrons. The Hall–Kier alpha value is -3.74. The lowest BCUT2D eigenvalue weighted by molar-refractivity contribution is -0.142. The van der Waals surface area contributed by atoms with Crippen molar-refractivity contribution in [1.29, 1.82) is 0 Å². The number of halogens is 4. The Morgan fingerprint density at radius 3 is 2.26 bits per heavy atom. The van der Waals surface area contributed by atoms with E-state index in [2.05, 4.69) is 10.1 Å². The first-order chi connectivity index (χ1) is 25.8. The molecule has 0 bridgehead atoms. The number of carboxylic acids is 1. The van der Waals surface area contributed by atoms with E-state index in [0.717, 1.165) is 43.5 Å². The van der Waals surface area contributed by atoms with Gasteiger partial charge in [-0.25, -0.2) is 4.79 Å². The number of carboxylic acid groups (broad SMARTS) is 1. The van der Waals surface area contributed by atoms with Gasteiger partial charge in [-0.3, -0.25) is 9.59 Å². The number of carbonyl (C=O) groups excluding carboxylic acids is 2. The number of phenolic OH excluding ortho intramolecular Hbond substituents is 1. The van der Waals surface area contributed by atoms with E-state index in [0.29, 0.717) is 57.4 Å². The Balaban J connectivity index is 1.22. The number of phenols is 1. The summed E-state index contributed by atoms with van der Waals surface area (Å²) in [5.74, 6) is -2.14. The van der Waals surface area contributed by atoms with Gasteiger partial charge in [0.2, 0.25) is 0 Å². The van der Waals surface area contributed by atoms with E-state index >= 15 is 0 Å². The maximum atomic E-state index is 13.7. The summed E-state index contributed by atoms with van der Waals surface area (Å²) in [7, 11) is 3.15. The Morgan fingerprint density at radius 1 is 0.944 bits per heavy atom. The van der Waals surface area contributed by atoms with Gasteiger partial charge in [-0.2, -0.15) is 0 Å². The average molecular weight is 822 g/mol. The van der Waals surface area contributed by atoms with Crippen molar-refractivity contribution < 1.29 is 29.4 Å². The minimum atomic E-state index is -0.955. The molecule has 2 aliphatic rings. The minimum absolute atomic E-state index is 0.0491. The van der Waals surface area contributed by atoms with Gasteiger partial charge in [0.05, 0.1) is 28.2 Å². The van der Waals surface area contributed by atoms with Crippen molar-refractivity contribution in [2.24, 2.45) is 11.1 Å². The average Bonchev–Trinajstić information content (AvgIpc) is 3.14. The number of urea groups is 1. The van der Waals surface area contributed by atoms with Crippen molar-refractivity contribution in [1.82, 2.24) is 19.6 Å². The summed E-state index contributed by atoms with van der Waals surface area (Å²) in [4.78, 5) is 52.1. The number of piperidine rings is 1. The molecule has 15 heteroatoms. The van der Waals surface area contributed by atoms with Crippen molar-refractivity contribution in [3.05, 3.63) is 97.4 Å². The molecule has 2 saturated heterocycles. The van der Waals surface area contributed by atoms with Crippen LogP contribution in [0.1, 0.15) is 53.1 Å². The third-order valence-electron chi connectivity index (χ3n) is 10.1. The quantitative estimate of drug-likeness (QED) is 0.119. The molecule has 11 nitrogen and oxygen atoms in total. The highest BCUT2D eigenvalue weighted by Gasteiger charge is 2.35. The van der Waals surface area contributed by atoms with Gasteiger partial charge in [-0.05, 0) is 92.2 Å². The van der Waals surface area contributed by atoms with E-state index in [1.165, 1.54) is 19.2 Å². The summed E-state index contributed by atoms with van der Waals surface area (Å²) in [5.41, 5.74) is 2.65. The lowest BCUT2D eigenvalue weighted by atomic mass is 9.89. The molecule has 0 saturated carbocycles. The molecule has 2 atom stereocenters. The Kier molecular flexibility index (Phi) is 14.7. The topological polar surface area (TPSA) is 126 Å². The van der Waals surface area contributed by atoms with Crippen LogP contribution in [0.4, 0.5) is 4.79 Å². The molecule has 0 aliphatic carbocycles. The highest BCUT2D eigenvalue weighted by molar-refractivity contribution is 6.42. The predicted molar refractivity (Wildman–Crippen MR) is 212 cm³/mol. The molecule has 5 rings (SSSR count). The number of aromatic hydroxyl groups is 1. The number of nitrogens with zero attached hydrogens (tertiary/aromatic N) is 5. The van der Waals surface area contributed by atoms with Crippen molar-refractivity contribution >= 4 is 70.0 Å². The summed E-state index contributed by atoms with van der Waals surface area (Å²) >= 11 is 25.1. The van der Waals surface area contributed by atoms with E-state index in [9.17, 15) is 24.6 Å². The second-order valence-electron chi connectivity index (χ2n) is 13.9. The number of hydrogen-bond donors (Lipinski definition) is 2. The standard InChI is InChI=1S/C39H45Cl4N5O6/c1-45(37(50)27-19-29(40)22-30(41)20-27)24-36(44-54-2)33(26-6-9-34(42)35(43)21-26)12-17-46-15-10-31(11-16-46)48-14-3-13-47(39(48)53)23-28(38(51)52)18-25-4-7-32(49)8-5-25/h4-9,19-22,28,31,33,49H,3,10-18,23-24H2,1-2H3,(H,51,52)/b44-36+/t28-,33?/m1/s1. The summed E-state index contributed by atoms with van der Waals surface area (Å²) in [6, 6.07) is 16.6. The summed E-state index contributed by atoms with van der Waals surface area (Å²) in [6.45, 7) is 3.69. The molecule has 0 radical (unpaired) electrons. The molecule has 54 heavy (non-hydrogen) atoms. The maximum absolute atomic E-state index is 13.7. The third kappa shape index (κ3) is 10.9. The molecule has 3 aromatic carbocycles. The Labute approximate surface area is 335 Å². The van der Waals surface area contributed by atoms with Crippen LogP contribution in [0, 0.1) is 5.92 Å². The van der Waals surface area contributed by atoms with Gasteiger partial charge >= 0.3 is 12.0 Å². The van der Waals surface area contributed by atoms with Crippen LogP contribution in [-0.4, -0.2) is 119 Å². The largest absolute Gasteiger partial charge is 0.508 e. The molecule has 2 fully saturated rings. The number of rotatable bonds is 15. The molecule has 2 aliphatic heterocycles. The fraction of sp³-hybridized carbons (Fsp3) is 0.436. The lowest BCUT2D eigenvalue weighted by Gasteiger charge is -2.44. The zero-order valence-electron chi connectivity index (χ0n) is 30.3. The molecule has 1 unspecified atom stereocenters. The number of aliphatic carboxylic acids is 1. The van der Waals surface area contributed by atoms with E-state index < -0.39 is 11.9 Å². The van der Waals surface area contributed by atoms with Crippen LogP contribution < -0.4 is 0 Å². The molecule has 2 N–H and O–H groups in total. The fourth-order valence-electron chi connectivity index (χ4n) is 7.28. The SMILES string of the molecule is CO/N=C(\CN(C)C(=O)c1cc(Cl)cc(Cl)c1)C(CCN1CCC(N2CCCN(C[C@@H](Cc3ccc(O)cc3)C(=O)O)C2=O)CC1)c1ccc(Cl)c(Cl)c1. The zero-order chi connectivity index (χ0) is 38.9. The minimum Gasteiger partial charge on any atom is -0.508 e. The van der Waals surface area contributed by atoms with Crippen molar-refractivity contribution in [3.63, 3.8) is 0 Å². The second kappa shape index (κ2) is 19.2. The smallest absolute Gasteiger partial charge is 0.320 e. The van der Waals surface area contributed by atoms with Crippen LogP contribution in [0.15, 0.2) is 65.8 Å². The molecule has 2 heterocycles. The number of carbonyl (C=O) groups is 3. The second-order valence-corrected chi connectivity index (χ2v) is 15.5. The predicted octanol–water partition coefficient (Wildman–Crippen LogP) is 7.79. The van der Waals surface area contributed by atoms with Crippen LogP contribution in [-0.2, 0) is 16.1 Å². The van der Waals surface area contributed by atoms with Gasteiger partial charge in [0.1, 0.15) is 12.9 Å². The molecular weight excluding hydrogens is 776 g/mol. The normalized spacial score (nSPS) is 17.0. The van der Waals surface area contributed by atoms with Crippen LogP contribution in [0.25, 0.3) is 0 Å². The monoisotopic (exact) mass is 819 g/mol. The highest BCUT2D eigenvalue weighted by atomic mass is 35.5. The van der Waals surface area contributed by atoms with E-state index in [1.807, 2.05) is 17.0 Å². The number of amides is 3. The van der Waals surface area contributed by atoms with Crippen molar-refractivity contribution in [2.75, 3.05) is 60.0 Å². The first-order valence-electron chi connectivity index (χ1n) is 17.9. The van der Waals surface area contributed by atoms with Crippen LogP contribution in [0.5, 0.6) is 5.75 Å². The van der Waals surface area contributed by atoms with Gasteiger partial charge in [0.25, 0.3) is 5.91 Å². The molecule has 0 aromatic heterocycles. The Bertz CT molecular complexity index is 1800. The summed E-state index contributed by atoms with van der Waals surface area (Å²) in [5, 5.41) is 25.5. The number of likely N-dealkylation sites (tertiary alicyclic amines) is 1. The lowest BCUT2D eigenvalue weighted by Crippen LogP contribution is -2.56. The zero-order valence-corrected chi connectivity index (χ0v) is 33.3. The van der Waals surface area contributed by atoms with Crippen molar-refractivity contribution in [2.45, 2.75) is 44.1 Å². The van der Waals surface area contributed by atoms with Gasteiger partial charge in [0.15, 0.2) is 0 Å². The summed E-state index contributed by atoms with van der Waals surface area (Å²) in [6.07, 6.45) is 3.24. The molecule has 3 aromatic rings. The maximum Gasteiger partial charge on any atom is 0.320 e. The van der Waals surface area contributed by atoms with Crippen LogP contribution >= 0.6 is 46.4 Å². The highest BCUT2D eigenvalue weighted by Crippen LogP contribution is 2.31. The van der Waals surface area contributed by atoms with Gasteiger partial charge in [-0.15, -0.1) is 0 Å². The van der Waals surface area contributed by atoms with E-state index in [4.69, 9.17) is 51.2 Å². The first kappa shape index (κ1) is 41.4. The first-order valence-corrected chi connectivity index (χ1v) is 19.4. The van der Waals surface area contributed by atoms with Crippen LogP contribution in [0.2, 0.25) is 20.1 Å². The van der Waals surface area contributed by atoms with Gasteiger partial charge < -0.3 is 34.7 Å². The number of oxime groups is 1. The Morgan fingerprint density at radius 2 is 1.63 bits per heavy atom. The molecule has 3 amide bonds. The molecule has 0 spiro atoms. The van der Waals surface area contributed by atoms with Gasteiger partial charge in [-0.1, -0.05) is 69.8 Å². The van der Waals surface area contributed by atoms with E-state index in [-0.39, 0.29) is 49.2 Å². The number of benzene rings is 3. The summed E-state index contributed by atoms with van der Waals surface area (Å²) < 4.78 is 0. The van der Waals surface area contributed by atoms with E-state index in [1.54, 1.807) is 53.2 Å². The molecular formula is C39H45Cl4N5O6. The van der Waals surface area contributed by atoms with Crippen molar-refractivity contribution in [3.8, 4) is 5.75 Å². The fourth-order valence-corrected chi connectivity index (χ4v) is 8.11. The number of hydrogen-bond acceptors (Lipinski definition) is 7. The third-order valence-corrected chi connectivity index (χ3v) is 11.3. The van der Waals surface area contributed by atoms with Crippen LogP contribution in [0.3, 0.4) is 0 Å².